The van der Waals surface area contributed by atoms with Crippen molar-refractivity contribution in [1.82, 2.24) is 24.2 Å². The maximum Gasteiger partial charge on any atom is 0.324 e. The van der Waals surface area contributed by atoms with Crippen LogP contribution in [0.25, 0.3) is 16.3 Å². The number of anilines is 2. The number of likely N-dealkylation sites (N-methyl/N-ethyl adjacent to an activating group) is 1. The van der Waals surface area contributed by atoms with Crippen LogP contribution < -0.4 is 15.4 Å². The number of rotatable bonds is 6. The predicted octanol–water partition coefficient (Wildman–Crippen LogP) is 3.66. The van der Waals surface area contributed by atoms with Gasteiger partial charge in [0.15, 0.2) is 5.65 Å². The van der Waals surface area contributed by atoms with Crippen LogP contribution in [0.4, 0.5) is 20.6 Å². The van der Waals surface area contributed by atoms with Gasteiger partial charge in [0.25, 0.3) is 0 Å². The van der Waals surface area contributed by atoms with Crippen LogP contribution in [0.5, 0.6) is 5.75 Å². The number of urea groups is 1. The average molecular weight is 578 g/mol. The van der Waals surface area contributed by atoms with Gasteiger partial charge in [-0.25, -0.2) is 19.2 Å². The van der Waals surface area contributed by atoms with Crippen molar-refractivity contribution in [2.24, 2.45) is 0 Å². The van der Waals surface area contributed by atoms with Gasteiger partial charge in [0.2, 0.25) is 5.75 Å². The van der Waals surface area contributed by atoms with E-state index < -0.39 is 11.3 Å². The summed E-state index contributed by atoms with van der Waals surface area (Å²) in [5.41, 5.74) is 1.97. The molecule has 12 heteroatoms. The fourth-order valence-corrected chi connectivity index (χ4v) is 6.33. The van der Waals surface area contributed by atoms with Crippen LogP contribution in [0.2, 0.25) is 0 Å². The highest BCUT2D eigenvalue weighted by Crippen LogP contribution is 2.34. The first-order valence-electron chi connectivity index (χ1n) is 13.7. The van der Waals surface area contributed by atoms with Gasteiger partial charge in [0.05, 0.1) is 11.4 Å². The van der Waals surface area contributed by atoms with Crippen molar-refractivity contribution >= 4 is 34.4 Å². The third-order valence-corrected chi connectivity index (χ3v) is 8.84. The van der Waals surface area contributed by atoms with E-state index in [2.05, 4.69) is 28.6 Å². The highest BCUT2D eigenvalue weighted by atomic mass is 32.1. The van der Waals surface area contributed by atoms with Gasteiger partial charge in [-0.3, -0.25) is 19.0 Å². The van der Waals surface area contributed by atoms with E-state index in [0.717, 1.165) is 42.3 Å². The number of pyridine rings is 1. The highest BCUT2D eigenvalue weighted by molar-refractivity contribution is 7.15. The van der Waals surface area contributed by atoms with E-state index in [1.807, 2.05) is 6.07 Å². The first-order valence-corrected chi connectivity index (χ1v) is 14.5. The van der Waals surface area contributed by atoms with E-state index in [1.165, 1.54) is 27.9 Å². The summed E-state index contributed by atoms with van der Waals surface area (Å²) in [6.45, 7) is 8.70. The Hall–Kier alpha value is -4.03. The first-order chi connectivity index (χ1) is 19.7. The number of thiazole rings is 1. The second kappa shape index (κ2) is 10.7. The van der Waals surface area contributed by atoms with E-state index in [1.54, 1.807) is 41.4 Å². The van der Waals surface area contributed by atoms with Crippen LogP contribution in [0, 0.1) is 5.82 Å². The van der Waals surface area contributed by atoms with Gasteiger partial charge >= 0.3 is 11.6 Å². The van der Waals surface area contributed by atoms with E-state index in [-0.39, 0.29) is 23.2 Å². The Morgan fingerprint density at radius 2 is 1.78 bits per heavy atom. The summed E-state index contributed by atoms with van der Waals surface area (Å²) in [7, 11) is 1.74. The minimum atomic E-state index is -0.621. The molecule has 0 aliphatic carbocycles. The first kappa shape index (κ1) is 27.2. The van der Waals surface area contributed by atoms with Crippen molar-refractivity contribution in [2.45, 2.75) is 26.3 Å². The molecular weight excluding hydrogens is 545 g/mol. The average Bonchev–Trinajstić information content (AvgIpc) is 3.57. The second-order valence-electron chi connectivity index (χ2n) is 10.8. The minimum Gasteiger partial charge on any atom is -0.501 e. The van der Waals surface area contributed by atoms with Crippen LogP contribution in [-0.4, -0.2) is 87.7 Å². The SMILES string of the molecule is CC(C)N1CCN(c2cc(N3CCN(C)C3=O)c3nc(-c4ncc(Cc5ccc(F)cc5)s4)c(O)c(=O)n3c2)CC1. The Morgan fingerprint density at radius 1 is 1.05 bits per heavy atom. The topological polar surface area (TPSA) is 97.5 Å². The summed E-state index contributed by atoms with van der Waals surface area (Å²) in [6.07, 6.45) is 3.90. The minimum absolute atomic E-state index is 0.0740. The Morgan fingerprint density at radius 3 is 2.44 bits per heavy atom. The van der Waals surface area contributed by atoms with Crippen molar-refractivity contribution < 1.29 is 14.3 Å². The normalized spacial score (nSPS) is 16.5. The van der Waals surface area contributed by atoms with Gasteiger partial charge in [0, 0.05) is 76.0 Å². The Kier molecular flexibility index (Phi) is 7.12. The molecule has 0 radical (unpaired) electrons. The van der Waals surface area contributed by atoms with E-state index in [4.69, 9.17) is 4.98 Å². The van der Waals surface area contributed by atoms with Crippen LogP contribution in [-0.2, 0) is 6.42 Å². The van der Waals surface area contributed by atoms with E-state index in [0.29, 0.717) is 36.2 Å². The van der Waals surface area contributed by atoms with Gasteiger partial charge in [-0.2, -0.15) is 0 Å². The van der Waals surface area contributed by atoms with Crippen molar-refractivity contribution in [1.29, 1.82) is 0 Å². The largest absolute Gasteiger partial charge is 0.501 e. The molecule has 2 saturated heterocycles. The smallest absolute Gasteiger partial charge is 0.324 e. The molecule has 1 aromatic carbocycles. The molecule has 2 aliphatic heterocycles. The molecule has 0 spiro atoms. The molecule has 41 heavy (non-hydrogen) atoms. The number of nitrogens with zero attached hydrogens (tertiary/aromatic N) is 7. The molecule has 0 saturated carbocycles. The van der Waals surface area contributed by atoms with Gasteiger partial charge in [-0.05, 0) is 37.6 Å². The number of aromatic nitrogens is 3. The second-order valence-corrected chi connectivity index (χ2v) is 11.9. The number of halogens is 1. The van der Waals surface area contributed by atoms with Gasteiger partial charge in [0.1, 0.15) is 16.5 Å². The molecule has 0 atom stereocenters. The van der Waals surface area contributed by atoms with Crippen LogP contribution in [0.1, 0.15) is 24.3 Å². The number of benzene rings is 1. The zero-order chi connectivity index (χ0) is 28.8. The molecule has 2 amide bonds. The zero-order valence-corrected chi connectivity index (χ0v) is 24.1. The van der Waals surface area contributed by atoms with Crippen molar-refractivity contribution in [3.05, 3.63) is 69.3 Å². The molecule has 0 unspecified atom stereocenters. The zero-order valence-electron chi connectivity index (χ0n) is 23.2. The summed E-state index contributed by atoms with van der Waals surface area (Å²) < 4.78 is 14.7. The molecule has 6 rings (SSSR count). The molecule has 0 bridgehead atoms. The van der Waals surface area contributed by atoms with Crippen LogP contribution in [0.3, 0.4) is 0 Å². The summed E-state index contributed by atoms with van der Waals surface area (Å²) in [4.78, 5) is 44.6. The molecule has 10 nitrogen and oxygen atoms in total. The maximum absolute atomic E-state index is 13.6. The summed E-state index contributed by atoms with van der Waals surface area (Å²) in [5.74, 6) is -0.799. The van der Waals surface area contributed by atoms with Crippen molar-refractivity contribution in [3.63, 3.8) is 0 Å². The van der Waals surface area contributed by atoms with Gasteiger partial charge < -0.3 is 14.9 Å². The van der Waals surface area contributed by atoms with Gasteiger partial charge in [-0.15, -0.1) is 11.3 Å². The highest BCUT2D eigenvalue weighted by Gasteiger charge is 2.31. The third kappa shape index (κ3) is 5.13. The molecule has 2 aliphatic rings. The summed E-state index contributed by atoms with van der Waals surface area (Å²) >= 11 is 1.31. The standard InChI is InChI=1S/C29H32FN7O3S/c1-18(2)34-9-11-35(12-10-34)21-15-23(36-13-8-33(3)29(36)40)26-32-24(25(38)28(39)37(26)17-21)27-31-16-22(41-27)14-19-4-6-20(30)7-5-19/h4-7,15-18,38H,8-14H2,1-3H3. The Bertz CT molecular complexity index is 1660. The number of hydrogen-bond acceptors (Lipinski definition) is 8. The number of carbonyl (C=O) groups excluding carboxylic acids is 1. The third-order valence-electron chi connectivity index (χ3n) is 7.83. The lowest BCUT2D eigenvalue weighted by atomic mass is 10.1. The monoisotopic (exact) mass is 577 g/mol. The molecule has 1 N–H and O–H groups in total. The number of carbonyl (C=O) groups is 1. The fraction of sp³-hybridized carbons (Fsp3) is 0.379. The van der Waals surface area contributed by atoms with Crippen molar-refractivity contribution in [2.75, 3.05) is 56.1 Å². The summed E-state index contributed by atoms with van der Waals surface area (Å²) in [5, 5.41) is 11.4. The molecule has 214 valence electrons. The molecule has 4 aromatic rings. The number of fused-ring (bicyclic) bond motifs is 1. The predicted molar refractivity (Wildman–Crippen MR) is 158 cm³/mol. The van der Waals surface area contributed by atoms with Crippen LogP contribution >= 0.6 is 11.3 Å². The fourth-order valence-electron chi connectivity index (χ4n) is 5.39. The maximum atomic E-state index is 13.6. The lowest BCUT2D eigenvalue weighted by Gasteiger charge is -2.38. The lowest BCUT2D eigenvalue weighted by molar-refractivity contribution is 0.209. The van der Waals surface area contributed by atoms with E-state index >= 15 is 0 Å². The number of piperazine rings is 1. The number of hydrogen-bond donors (Lipinski definition) is 1. The quantitative estimate of drug-likeness (QED) is 0.374. The Balaban J connectivity index is 1.42. The number of aromatic hydroxyl groups is 1. The molecule has 5 heterocycles. The van der Waals surface area contributed by atoms with E-state index in [9.17, 15) is 19.1 Å². The summed E-state index contributed by atoms with van der Waals surface area (Å²) in [6, 6.07) is 8.44. The lowest BCUT2D eigenvalue weighted by Crippen LogP contribution is -2.49. The number of amides is 2. The van der Waals surface area contributed by atoms with Crippen molar-refractivity contribution in [3.8, 4) is 16.5 Å². The Labute approximate surface area is 240 Å². The van der Waals surface area contributed by atoms with Gasteiger partial charge in [-0.1, -0.05) is 12.1 Å². The molecule has 3 aromatic heterocycles. The molecular formula is C29H32FN7O3S. The molecule has 2 fully saturated rings. The van der Waals surface area contributed by atoms with Crippen LogP contribution in [0.15, 0.2) is 47.5 Å².